The summed E-state index contributed by atoms with van der Waals surface area (Å²) in [7, 11) is 0. The molecule has 1 aliphatic carbocycles. The smallest absolute Gasteiger partial charge is 0.0372 e. The van der Waals surface area contributed by atoms with Crippen LogP contribution in [0.25, 0.3) is 0 Å². The largest absolute Gasteiger partial charge is 0.382 e. The van der Waals surface area contributed by atoms with E-state index in [0.717, 1.165) is 11.8 Å². The molecule has 1 aromatic rings. The molecule has 0 bridgehead atoms. The number of rotatable bonds is 3. The third-order valence-corrected chi connectivity index (χ3v) is 4.16. The third-order valence-electron chi connectivity index (χ3n) is 4.16. The van der Waals surface area contributed by atoms with Crippen molar-refractivity contribution in [3.05, 3.63) is 29.8 Å². The summed E-state index contributed by atoms with van der Waals surface area (Å²) < 4.78 is 0. The molecule has 17 heavy (non-hydrogen) atoms. The Morgan fingerprint density at radius 1 is 1.18 bits per heavy atom. The number of hydrogen-bond acceptors (Lipinski definition) is 1. The minimum Gasteiger partial charge on any atom is -0.382 e. The van der Waals surface area contributed by atoms with Gasteiger partial charge in [-0.2, -0.15) is 0 Å². The first kappa shape index (κ1) is 12.5. The third kappa shape index (κ3) is 3.24. The topological polar surface area (TPSA) is 12.0 Å². The summed E-state index contributed by atoms with van der Waals surface area (Å²) in [6, 6.07) is 9.30. The van der Waals surface area contributed by atoms with Crippen LogP contribution in [0.3, 0.4) is 0 Å². The maximum Gasteiger partial charge on any atom is 0.0372 e. The molecule has 94 valence electrons. The van der Waals surface area contributed by atoms with Gasteiger partial charge in [0, 0.05) is 11.7 Å². The van der Waals surface area contributed by atoms with Crippen LogP contribution < -0.4 is 5.32 Å². The molecule has 0 saturated heterocycles. The van der Waals surface area contributed by atoms with Gasteiger partial charge in [-0.1, -0.05) is 44.9 Å². The monoisotopic (exact) mass is 231 g/mol. The highest BCUT2D eigenvalue weighted by atomic mass is 14.9. The molecule has 1 N–H and O–H groups in total. The van der Waals surface area contributed by atoms with E-state index in [-0.39, 0.29) is 0 Å². The molecular formula is C16H25N. The summed E-state index contributed by atoms with van der Waals surface area (Å²) in [5, 5.41) is 3.73. The number of benzene rings is 1. The van der Waals surface area contributed by atoms with Crippen LogP contribution in [0.15, 0.2) is 24.3 Å². The molecule has 2 rings (SSSR count). The molecule has 0 aromatic heterocycles. The molecule has 0 amide bonds. The lowest BCUT2D eigenvalue weighted by molar-refractivity contribution is 0.264. The average Bonchev–Trinajstić information content (AvgIpc) is 2.32. The van der Waals surface area contributed by atoms with Crippen molar-refractivity contribution in [1.82, 2.24) is 0 Å². The fourth-order valence-electron chi connectivity index (χ4n) is 2.92. The zero-order valence-corrected chi connectivity index (χ0v) is 11.4. The van der Waals surface area contributed by atoms with Gasteiger partial charge in [-0.15, -0.1) is 0 Å². The normalized spacial score (nSPS) is 24.9. The summed E-state index contributed by atoms with van der Waals surface area (Å²) >= 11 is 0. The van der Waals surface area contributed by atoms with Crippen molar-refractivity contribution in [3.8, 4) is 0 Å². The van der Waals surface area contributed by atoms with E-state index in [1.165, 1.54) is 36.9 Å². The van der Waals surface area contributed by atoms with Crippen LogP contribution in [0.1, 0.15) is 45.1 Å². The van der Waals surface area contributed by atoms with Gasteiger partial charge in [-0.05, 0) is 43.2 Å². The molecule has 0 spiro atoms. The minimum absolute atomic E-state index is 0.678. The number of aryl methyl sites for hydroxylation is 1. The van der Waals surface area contributed by atoms with Crippen LogP contribution in [-0.4, -0.2) is 6.04 Å². The van der Waals surface area contributed by atoms with Crippen LogP contribution in [-0.2, 0) is 0 Å². The van der Waals surface area contributed by atoms with Gasteiger partial charge in [0.1, 0.15) is 0 Å². The summed E-state index contributed by atoms with van der Waals surface area (Å²) in [6.07, 6.45) is 5.47. The van der Waals surface area contributed by atoms with E-state index in [2.05, 4.69) is 50.4 Å². The highest BCUT2D eigenvalue weighted by molar-refractivity contribution is 5.50. The molecule has 1 nitrogen and oxygen atoms in total. The van der Waals surface area contributed by atoms with Crippen LogP contribution in [0.2, 0.25) is 0 Å². The molecule has 1 aromatic carbocycles. The van der Waals surface area contributed by atoms with E-state index in [1.807, 2.05) is 0 Å². The second-order valence-electron chi connectivity index (χ2n) is 5.83. The molecule has 1 fully saturated rings. The fourth-order valence-corrected chi connectivity index (χ4v) is 2.92. The molecule has 1 saturated carbocycles. The highest BCUT2D eigenvalue weighted by Gasteiger charge is 2.24. The van der Waals surface area contributed by atoms with Crippen molar-refractivity contribution in [3.63, 3.8) is 0 Å². The first-order chi connectivity index (χ1) is 8.16. The Hall–Kier alpha value is -0.980. The van der Waals surface area contributed by atoms with Crippen molar-refractivity contribution in [2.75, 3.05) is 5.32 Å². The average molecular weight is 231 g/mol. The van der Waals surface area contributed by atoms with Gasteiger partial charge in [0.05, 0.1) is 0 Å². The van der Waals surface area contributed by atoms with Crippen molar-refractivity contribution in [1.29, 1.82) is 0 Å². The molecule has 0 aliphatic heterocycles. The Morgan fingerprint density at radius 3 is 2.65 bits per heavy atom. The van der Waals surface area contributed by atoms with E-state index in [1.54, 1.807) is 0 Å². The maximum atomic E-state index is 3.73. The lowest BCUT2D eigenvalue weighted by atomic mass is 9.79. The predicted octanol–water partition coefficient (Wildman–Crippen LogP) is 4.62. The Morgan fingerprint density at radius 2 is 1.94 bits per heavy atom. The van der Waals surface area contributed by atoms with Crippen molar-refractivity contribution in [2.45, 2.75) is 52.5 Å². The highest BCUT2D eigenvalue weighted by Crippen LogP contribution is 2.31. The Labute approximate surface area is 106 Å². The lowest BCUT2D eigenvalue weighted by Gasteiger charge is -2.33. The van der Waals surface area contributed by atoms with Gasteiger partial charge < -0.3 is 5.32 Å². The summed E-state index contributed by atoms with van der Waals surface area (Å²) in [6.45, 7) is 6.91. The zero-order valence-electron chi connectivity index (χ0n) is 11.4. The van der Waals surface area contributed by atoms with Gasteiger partial charge in [0.25, 0.3) is 0 Å². The number of anilines is 1. The van der Waals surface area contributed by atoms with E-state index in [0.29, 0.717) is 6.04 Å². The fraction of sp³-hybridized carbons (Fsp3) is 0.625. The second-order valence-corrected chi connectivity index (χ2v) is 5.83. The predicted molar refractivity (Wildman–Crippen MR) is 75.4 cm³/mol. The summed E-state index contributed by atoms with van der Waals surface area (Å²) in [5.74, 6) is 1.74. The first-order valence-electron chi connectivity index (χ1n) is 6.99. The Kier molecular flexibility index (Phi) is 4.09. The van der Waals surface area contributed by atoms with Crippen molar-refractivity contribution >= 4 is 5.69 Å². The van der Waals surface area contributed by atoms with E-state index in [9.17, 15) is 0 Å². The van der Waals surface area contributed by atoms with Crippen LogP contribution >= 0.6 is 0 Å². The van der Waals surface area contributed by atoms with Gasteiger partial charge >= 0.3 is 0 Å². The maximum absolute atomic E-state index is 3.73. The van der Waals surface area contributed by atoms with Gasteiger partial charge in [0.2, 0.25) is 0 Å². The molecule has 1 heteroatoms. The quantitative estimate of drug-likeness (QED) is 0.800. The molecule has 2 unspecified atom stereocenters. The molecule has 0 radical (unpaired) electrons. The Bertz CT molecular complexity index is 356. The molecule has 1 aliphatic rings. The van der Waals surface area contributed by atoms with Crippen LogP contribution in [0, 0.1) is 18.8 Å². The van der Waals surface area contributed by atoms with Crippen LogP contribution in [0.4, 0.5) is 5.69 Å². The lowest BCUT2D eigenvalue weighted by Crippen LogP contribution is -2.29. The van der Waals surface area contributed by atoms with E-state index in [4.69, 9.17) is 0 Å². The van der Waals surface area contributed by atoms with Gasteiger partial charge in [-0.3, -0.25) is 0 Å². The van der Waals surface area contributed by atoms with Crippen molar-refractivity contribution < 1.29 is 0 Å². The van der Waals surface area contributed by atoms with E-state index < -0.39 is 0 Å². The number of hydrogen-bond donors (Lipinski definition) is 1. The summed E-state index contributed by atoms with van der Waals surface area (Å²) in [5.41, 5.74) is 2.68. The molecule has 0 heterocycles. The van der Waals surface area contributed by atoms with Crippen molar-refractivity contribution in [2.24, 2.45) is 11.8 Å². The standard InChI is InChI=1S/C16H25N/c1-12(2)14-8-6-9-15(11-14)17-16-10-5-4-7-13(16)3/h4-5,7,10,12,14-15,17H,6,8-9,11H2,1-3H3. The zero-order chi connectivity index (χ0) is 12.3. The molecular weight excluding hydrogens is 206 g/mol. The van der Waals surface area contributed by atoms with Gasteiger partial charge in [0.15, 0.2) is 0 Å². The SMILES string of the molecule is Cc1ccccc1NC1CCCC(C(C)C)C1. The molecule has 2 atom stereocenters. The number of para-hydroxylation sites is 1. The minimum atomic E-state index is 0.678. The number of nitrogens with one attached hydrogen (secondary N) is 1. The van der Waals surface area contributed by atoms with Crippen LogP contribution in [0.5, 0.6) is 0 Å². The first-order valence-corrected chi connectivity index (χ1v) is 6.99. The second kappa shape index (κ2) is 5.57. The summed E-state index contributed by atoms with van der Waals surface area (Å²) in [4.78, 5) is 0. The Balaban J connectivity index is 1.97. The van der Waals surface area contributed by atoms with E-state index >= 15 is 0 Å². The van der Waals surface area contributed by atoms with Gasteiger partial charge in [-0.25, -0.2) is 0 Å².